The number of hydrogen-bond acceptors (Lipinski definition) is 5. The average Bonchev–Trinajstić information content (AvgIpc) is 2.76. The van der Waals surface area contributed by atoms with Crippen molar-refractivity contribution >= 4 is 5.91 Å². The summed E-state index contributed by atoms with van der Waals surface area (Å²) in [6.07, 6.45) is -1.48. The Morgan fingerprint density at radius 1 is 1.43 bits per heavy atom. The van der Waals surface area contributed by atoms with E-state index in [1.165, 1.54) is 0 Å². The summed E-state index contributed by atoms with van der Waals surface area (Å²) in [5.41, 5.74) is 6.87. The van der Waals surface area contributed by atoms with Crippen LogP contribution in [0.15, 0.2) is 30.3 Å². The molecule has 116 valence electrons. The number of nitrogens with one attached hydrogen (secondary N) is 1. The van der Waals surface area contributed by atoms with Crippen LogP contribution in [0.1, 0.15) is 12.5 Å². The Morgan fingerprint density at radius 2 is 2.10 bits per heavy atom. The first kappa shape index (κ1) is 15.9. The molecule has 1 aliphatic rings. The van der Waals surface area contributed by atoms with Crippen molar-refractivity contribution in [3.63, 3.8) is 0 Å². The quantitative estimate of drug-likeness (QED) is 0.568. The second-order valence-corrected chi connectivity index (χ2v) is 5.38. The number of benzene rings is 1. The lowest BCUT2D eigenvalue weighted by Crippen LogP contribution is -2.53. The third-order valence-corrected chi connectivity index (χ3v) is 3.76. The Labute approximate surface area is 123 Å². The number of ether oxygens (including phenoxy) is 1. The molecule has 1 aromatic carbocycles. The van der Waals surface area contributed by atoms with E-state index in [1.54, 1.807) is 6.92 Å². The zero-order valence-electron chi connectivity index (χ0n) is 12.0. The van der Waals surface area contributed by atoms with Crippen LogP contribution in [0.5, 0.6) is 0 Å². The SMILES string of the molecule is C[C@@H]1O[C@H](CO)C(NC(=O)C(N)Cc2ccccc2)[C@@H]1O. The van der Waals surface area contributed by atoms with E-state index in [2.05, 4.69) is 5.32 Å². The molecule has 6 nitrogen and oxygen atoms in total. The van der Waals surface area contributed by atoms with Gasteiger partial charge in [0.05, 0.1) is 24.8 Å². The topological polar surface area (TPSA) is 105 Å². The largest absolute Gasteiger partial charge is 0.394 e. The zero-order chi connectivity index (χ0) is 15.4. The van der Waals surface area contributed by atoms with Crippen molar-refractivity contribution in [2.24, 2.45) is 5.73 Å². The van der Waals surface area contributed by atoms with Crippen molar-refractivity contribution in [1.29, 1.82) is 0 Å². The van der Waals surface area contributed by atoms with E-state index in [1.807, 2.05) is 30.3 Å². The molecule has 0 aliphatic carbocycles. The van der Waals surface area contributed by atoms with Crippen LogP contribution in [0.25, 0.3) is 0 Å². The van der Waals surface area contributed by atoms with Gasteiger partial charge in [0.1, 0.15) is 12.2 Å². The highest BCUT2D eigenvalue weighted by molar-refractivity contribution is 5.82. The van der Waals surface area contributed by atoms with E-state index in [-0.39, 0.29) is 12.5 Å². The Balaban J connectivity index is 1.94. The highest BCUT2D eigenvalue weighted by Crippen LogP contribution is 2.20. The molecule has 1 aromatic rings. The third kappa shape index (κ3) is 3.79. The molecule has 1 saturated heterocycles. The number of nitrogens with two attached hydrogens (primary N) is 1. The maximum absolute atomic E-state index is 12.1. The first-order valence-electron chi connectivity index (χ1n) is 7.07. The van der Waals surface area contributed by atoms with Gasteiger partial charge in [-0.2, -0.15) is 0 Å². The minimum absolute atomic E-state index is 0.264. The fraction of sp³-hybridized carbons (Fsp3) is 0.533. The van der Waals surface area contributed by atoms with E-state index in [4.69, 9.17) is 10.5 Å². The van der Waals surface area contributed by atoms with Crippen LogP contribution in [0.4, 0.5) is 0 Å². The van der Waals surface area contributed by atoms with E-state index >= 15 is 0 Å². The monoisotopic (exact) mass is 294 g/mol. The Hall–Kier alpha value is -1.47. The molecule has 1 fully saturated rings. The number of carbonyl (C=O) groups is 1. The molecule has 5 atom stereocenters. The van der Waals surface area contributed by atoms with Crippen molar-refractivity contribution in [2.45, 2.75) is 43.7 Å². The van der Waals surface area contributed by atoms with Crippen molar-refractivity contribution in [1.82, 2.24) is 5.32 Å². The van der Waals surface area contributed by atoms with Crippen LogP contribution in [0, 0.1) is 0 Å². The number of rotatable bonds is 5. The molecule has 5 N–H and O–H groups in total. The van der Waals surface area contributed by atoms with Gasteiger partial charge in [-0.25, -0.2) is 0 Å². The molecule has 0 radical (unpaired) electrons. The van der Waals surface area contributed by atoms with Gasteiger partial charge >= 0.3 is 0 Å². The second kappa shape index (κ2) is 7.00. The third-order valence-electron chi connectivity index (χ3n) is 3.76. The molecule has 1 heterocycles. The second-order valence-electron chi connectivity index (χ2n) is 5.38. The predicted octanol–water partition coefficient (Wildman–Crippen LogP) is -0.818. The predicted molar refractivity (Wildman–Crippen MR) is 77.5 cm³/mol. The molecule has 1 aliphatic heterocycles. The summed E-state index contributed by atoms with van der Waals surface area (Å²) in [5, 5.41) is 21.9. The summed E-state index contributed by atoms with van der Waals surface area (Å²) in [6, 6.07) is 8.12. The summed E-state index contributed by atoms with van der Waals surface area (Å²) in [6.45, 7) is 1.43. The smallest absolute Gasteiger partial charge is 0.237 e. The van der Waals surface area contributed by atoms with Crippen molar-refractivity contribution < 1.29 is 19.7 Å². The molecular formula is C15H22N2O4. The first-order chi connectivity index (χ1) is 10.0. The van der Waals surface area contributed by atoms with E-state index in [0.29, 0.717) is 6.42 Å². The number of aliphatic hydroxyl groups excluding tert-OH is 2. The number of amides is 1. The number of carbonyl (C=O) groups excluding carboxylic acids is 1. The standard InChI is InChI=1S/C15H22N2O4/c1-9-14(19)13(12(8-18)21-9)17-15(20)11(16)7-10-5-3-2-4-6-10/h2-6,9,11-14,18-19H,7-8,16H2,1H3,(H,17,20)/t9-,11?,12+,13?,14+/m0/s1. The molecule has 1 amide bonds. The summed E-state index contributed by atoms with van der Waals surface area (Å²) in [5.74, 6) is -0.362. The van der Waals surface area contributed by atoms with Crippen LogP contribution in [0.2, 0.25) is 0 Å². The molecule has 6 heteroatoms. The lowest BCUT2D eigenvalue weighted by molar-refractivity contribution is -0.124. The molecule has 0 spiro atoms. The summed E-state index contributed by atoms with van der Waals surface area (Å²) < 4.78 is 5.38. The first-order valence-corrected chi connectivity index (χ1v) is 7.07. The van der Waals surface area contributed by atoms with Crippen LogP contribution >= 0.6 is 0 Å². The van der Waals surface area contributed by atoms with Gasteiger partial charge in [-0.05, 0) is 18.9 Å². The summed E-state index contributed by atoms with van der Waals surface area (Å²) >= 11 is 0. The Morgan fingerprint density at radius 3 is 2.71 bits per heavy atom. The summed E-state index contributed by atoms with van der Waals surface area (Å²) in [7, 11) is 0. The Kier molecular flexibility index (Phi) is 5.30. The Bertz CT molecular complexity index is 468. The molecule has 21 heavy (non-hydrogen) atoms. The van der Waals surface area contributed by atoms with Gasteiger partial charge in [0, 0.05) is 0 Å². The maximum atomic E-state index is 12.1. The minimum Gasteiger partial charge on any atom is -0.394 e. The van der Waals surface area contributed by atoms with Gasteiger partial charge < -0.3 is 26.0 Å². The number of hydrogen-bond donors (Lipinski definition) is 4. The average molecular weight is 294 g/mol. The molecule has 2 unspecified atom stereocenters. The van der Waals surface area contributed by atoms with Crippen molar-refractivity contribution in [2.75, 3.05) is 6.61 Å². The zero-order valence-corrected chi connectivity index (χ0v) is 12.0. The highest BCUT2D eigenvalue weighted by atomic mass is 16.5. The van der Waals surface area contributed by atoms with Crippen LogP contribution in [-0.2, 0) is 16.0 Å². The van der Waals surface area contributed by atoms with Crippen molar-refractivity contribution in [3.8, 4) is 0 Å². The molecule has 0 saturated carbocycles. The minimum atomic E-state index is -0.852. The van der Waals surface area contributed by atoms with Gasteiger partial charge in [-0.15, -0.1) is 0 Å². The van der Waals surface area contributed by atoms with E-state index < -0.39 is 30.4 Å². The fourth-order valence-electron chi connectivity index (χ4n) is 2.52. The lowest BCUT2D eigenvalue weighted by Gasteiger charge is -2.22. The van der Waals surface area contributed by atoms with Crippen molar-refractivity contribution in [3.05, 3.63) is 35.9 Å². The molecule has 0 aromatic heterocycles. The van der Waals surface area contributed by atoms with Crippen LogP contribution in [-0.4, -0.2) is 53.1 Å². The van der Waals surface area contributed by atoms with Gasteiger partial charge in [-0.3, -0.25) is 4.79 Å². The van der Waals surface area contributed by atoms with Gasteiger partial charge in [0.15, 0.2) is 0 Å². The molecule has 2 rings (SSSR count). The normalized spacial score (nSPS) is 30.1. The summed E-state index contributed by atoms with van der Waals surface area (Å²) in [4.78, 5) is 12.1. The van der Waals surface area contributed by atoms with Gasteiger partial charge in [-0.1, -0.05) is 30.3 Å². The fourth-order valence-corrected chi connectivity index (χ4v) is 2.52. The molecular weight excluding hydrogens is 272 g/mol. The van der Waals surface area contributed by atoms with E-state index in [9.17, 15) is 15.0 Å². The van der Waals surface area contributed by atoms with E-state index in [0.717, 1.165) is 5.56 Å². The van der Waals surface area contributed by atoms with Gasteiger partial charge in [0.25, 0.3) is 0 Å². The lowest BCUT2D eigenvalue weighted by atomic mass is 10.0. The maximum Gasteiger partial charge on any atom is 0.237 e. The number of aliphatic hydroxyl groups is 2. The molecule has 0 bridgehead atoms. The van der Waals surface area contributed by atoms with Crippen LogP contribution < -0.4 is 11.1 Å². The highest BCUT2D eigenvalue weighted by Gasteiger charge is 2.42. The van der Waals surface area contributed by atoms with Crippen LogP contribution in [0.3, 0.4) is 0 Å². The van der Waals surface area contributed by atoms with Gasteiger partial charge in [0.2, 0.25) is 5.91 Å².